The van der Waals surface area contributed by atoms with Gasteiger partial charge in [0, 0.05) is 19.7 Å². The maximum absolute atomic E-state index is 12.9. The van der Waals surface area contributed by atoms with Crippen LogP contribution >= 0.6 is 0 Å². The first-order valence-electron chi connectivity index (χ1n) is 9.59. The zero-order chi connectivity index (χ0) is 21.4. The van der Waals surface area contributed by atoms with E-state index in [9.17, 15) is 14.4 Å². The molecule has 1 unspecified atom stereocenters. The Kier molecular flexibility index (Phi) is 7.95. The van der Waals surface area contributed by atoms with Crippen LogP contribution in [0.4, 0.5) is 0 Å². The van der Waals surface area contributed by atoms with Crippen LogP contribution in [0, 0.1) is 5.92 Å². The van der Waals surface area contributed by atoms with Gasteiger partial charge < -0.3 is 15.0 Å². The molecule has 0 saturated heterocycles. The van der Waals surface area contributed by atoms with Crippen LogP contribution in [0.2, 0.25) is 0 Å². The van der Waals surface area contributed by atoms with E-state index in [-0.39, 0.29) is 24.2 Å². The van der Waals surface area contributed by atoms with Crippen molar-refractivity contribution in [3.05, 3.63) is 71.8 Å². The third kappa shape index (κ3) is 6.45. The summed E-state index contributed by atoms with van der Waals surface area (Å²) in [5, 5.41) is 2.75. The quantitative estimate of drug-likeness (QED) is 0.696. The van der Waals surface area contributed by atoms with Gasteiger partial charge in [0.25, 0.3) is 5.91 Å². The summed E-state index contributed by atoms with van der Waals surface area (Å²) < 4.78 is 5.59. The number of carbonyl (C=O) groups is 3. The van der Waals surface area contributed by atoms with E-state index in [1.165, 1.54) is 4.90 Å². The lowest BCUT2D eigenvalue weighted by atomic mass is 10.0. The molecule has 0 aliphatic rings. The number of hydrogen-bond donors (Lipinski definition) is 1. The molecule has 2 atom stereocenters. The molecule has 29 heavy (non-hydrogen) atoms. The number of nitrogens with zero attached hydrogens (tertiary/aromatic N) is 1. The Balaban J connectivity index is 2.13. The molecule has 2 aromatic carbocycles. The maximum atomic E-state index is 12.9. The first-order valence-corrected chi connectivity index (χ1v) is 9.59. The number of benzene rings is 2. The number of esters is 1. The Morgan fingerprint density at radius 2 is 1.48 bits per heavy atom. The summed E-state index contributed by atoms with van der Waals surface area (Å²) in [5.41, 5.74) is 1.43. The SMILES string of the molecule is CC(C)[C@H](NC(=O)Cc1ccccc1)C(=O)OC(C(=O)N(C)C)c1ccccc1. The lowest BCUT2D eigenvalue weighted by Gasteiger charge is -2.26. The summed E-state index contributed by atoms with van der Waals surface area (Å²) in [5.74, 6) is -1.46. The molecule has 0 bridgehead atoms. The van der Waals surface area contributed by atoms with Gasteiger partial charge in [-0.2, -0.15) is 0 Å². The standard InChI is InChI=1S/C23H28N2O4/c1-16(2)20(24-19(26)15-17-11-7-5-8-12-17)23(28)29-21(22(27)25(3)4)18-13-9-6-10-14-18/h5-14,16,20-21H,15H2,1-4H3,(H,24,26)/t20-,21?/m0/s1. The molecule has 6 nitrogen and oxygen atoms in total. The van der Waals surface area contributed by atoms with Crippen LogP contribution in [0.3, 0.4) is 0 Å². The average Bonchev–Trinajstić information content (AvgIpc) is 2.70. The van der Waals surface area contributed by atoms with Gasteiger partial charge in [0.1, 0.15) is 6.04 Å². The van der Waals surface area contributed by atoms with E-state index in [0.717, 1.165) is 5.56 Å². The minimum Gasteiger partial charge on any atom is -0.446 e. The molecule has 2 rings (SSSR count). The molecule has 0 heterocycles. The first-order chi connectivity index (χ1) is 13.8. The molecule has 6 heteroatoms. The zero-order valence-electron chi connectivity index (χ0n) is 17.3. The number of likely N-dealkylation sites (N-methyl/N-ethyl adjacent to an activating group) is 1. The Morgan fingerprint density at radius 3 is 2.00 bits per heavy atom. The van der Waals surface area contributed by atoms with E-state index in [4.69, 9.17) is 4.74 Å². The second-order valence-electron chi connectivity index (χ2n) is 7.41. The van der Waals surface area contributed by atoms with Gasteiger partial charge in [-0.25, -0.2) is 4.79 Å². The van der Waals surface area contributed by atoms with Crippen molar-refractivity contribution >= 4 is 17.8 Å². The summed E-state index contributed by atoms with van der Waals surface area (Å²) in [6.07, 6.45) is -0.901. The molecule has 0 radical (unpaired) electrons. The van der Waals surface area contributed by atoms with Crippen molar-refractivity contribution in [2.75, 3.05) is 14.1 Å². The first kappa shape index (κ1) is 22.1. The van der Waals surface area contributed by atoms with Crippen LogP contribution in [0.1, 0.15) is 31.1 Å². The van der Waals surface area contributed by atoms with E-state index in [1.54, 1.807) is 38.4 Å². The van der Waals surface area contributed by atoms with Crippen LogP contribution in [-0.4, -0.2) is 42.8 Å². The third-order valence-corrected chi connectivity index (χ3v) is 4.45. The molecule has 0 aliphatic carbocycles. The molecular formula is C23H28N2O4. The molecule has 0 saturated carbocycles. The number of carbonyl (C=O) groups excluding carboxylic acids is 3. The van der Waals surface area contributed by atoms with Gasteiger partial charge in [-0.05, 0) is 11.5 Å². The third-order valence-electron chi connectivity index (χ3n) is 4.45. The molecule has 0 aromatic heterocycles. The summed E-state index contributed by atoms with van der Waals surface area (Å²) in [4.78, 5) is 39.3. The molecular weight excluding hydrogens is 368 g/mol. The lowest BCUT2D eigenvalue weighted by molar-refractivity contribution is -0.163. The van der Waals surface area contributed by atoms with E-state index < -0.39 is 18.1 Å². The Bertz CT molecular complexity index is 819. The molecule has 0 aliphatic heterocycles. The number of nitrogens with one attached hydrogen (secondary N) is 1. The van der Waals surface area contributed by atoms with Gasteiger partial charge in [-0.15, -0.1) is 0 Å². The second kappa shape index (κ2) is 10.4. The Labute approximate surface area is 171 Å². The number of amides is 2. The van der Waals surface area contributed by atoms with E-state index in [2.05, 4.69) is 5.32 Å². The highest BCUT2D eigenvalue weighted by Gasteiger charge is 2.32. The number of ether oxygens (including phenoxy) is 1. The number of hydrogen-bond acceptors (Lipinski definition) is 4. The summed E-state index contributed by atoms with van der Waals surface area (Å²) in [7, 11) is 3.21. The maximum Gasteiger partial charge on any atom is 0.330 e. The Hall–Kier alpha value is -3.15. The molecule has 154 valence electrons. The van der Waals surface area contributed by atoms with Gasteiger partial charge >= 0.3 is 5.97 Å². The van der Waals surface area contributed by atoms with Crippen molar-refractivity contribution in [1.82, 2.24) is 10.2 Å². The van der Waals surface area contributed by atoms with Crippen molar-refractivity contribution < 1.29 is 19.1 Å². The van der Waals surface area contributed by atoms with Crippen molar-refractivity contribution in [1.29, 1.82) is 0 Å². The highest BCUT2D eigenvalue weighted by molar-refractivity contribution is 5.89. The van der Waals surface area contributed by atoms with Crippen LogP contribution in [0.15, 0.2) is 60.7 Å². The van der Waals surface area contributed by atoms with Crippen molar-refractivity contribution in [3.63, 3.8) is 0 Å². The predicted octanol–water partition coefficient (Wildman–Crippen LogP) is 2.74. The normalized spacial score (nSPS) is 12.7. The number of rotatable bonds is 8. The largest absolute Gasteiger partial charge is 0.446 e. The van der Waals surface area contributed by atoms with Crippen molar-refractivity contribution in [2.45, 2.75) is 32.4 Å². The van der Waals surface area contributed by atoms with E-state index in [1.807, 2.05) is 50.2 Å². The Morgan fingerprint density at radius 1 is 0.931 bits per heavy atom. The summed E-state index contributed by atoms with van der Waals surface area (Å²) in [6, 6.07) is 17.3. The van der Waals surface area contributed by atoms with Crippen LogP contribution < -0.4 is 5.32 Å². The molecule has 2 aromatic rings. The molecule has 2 amide bonds. The second-order valence-corrected chi connectivity index (χ2v) is 7.41. The fourth-order valence-corrected chi connectivity index (χ4v) is 2.82. The van der Waals surface area contributed by atoms with Crippen LogP contribution in [-0.2, 0) is 25.5 Å². The fourth-order valence-electron chi connectivity index (χ4n) is 2.82. The summed E-state index contributed by atoms with van der Waals surface area (Å²) >= 11 is 0. The van der Waals surface area contributed by atoms with Crippen molar-refractivity contribution in [3.8, 4) is 0 Å². The average molecular weight is 396 g/mol. The highest BCUT2D eigenvalue weighted by Crippen LogP contribution is 2.21. The molecule has 0 fully saturated rings. The van der Waals surface area contributed by atoms with E-state index in [0.29, 0.717) is 5.56 Å². The minimum atomic E-state index is -1.06. The summed E-state index contributed by atoms with van der Waals surface area (Å²) in [6.45, 7) is 3.64. The smallest absolute Gasteiger partial charge is 0.330 e. The topological polar surface area (TPSA) is 75.7 Å². The lowest BCUT2D eigenvalue weighted by Crippen LogP contribution is -2.47. The van der Waals surface area contributed by atoms with Crippen LogP contribution in [0.5, 0.6) is 0 Å². The van der Waals surface area contributed by atoms with Crippen LogP contribution in [0.25, 0.3) is 0 Å². The molecule has 1 N–H and O–H groups in total. The highest BCUT2D eigenvalue weighted by atomic mass is 16.5. The monoisotopic (exact) mass is 396 g/mol. The predicted molar refractivity (Wildman–Crippen MR) is 111 cm³/mol. The van der Waals surface area contributed by atoms with E-state index >= 15 is 0 Å². The fraction of sp³-hybridized carbons (Fsp3) is 0.348. The van der Waals surface area contributed by atoms with Gasteiger partial charge in [0.05, 0.1) is 6.42 Å². The van der Waals surface area contributed by atoms with Gasteiger partial charge in [0.2, 0.25) is 12.0 Å². The van der Waals surface area contributed by atoms with Gasteiger partial charge in [-0.3, -0.25) is 9.59 Å². The minimum absolute atomic E-state index is 0.163. The van der Waals surface area contributed by atoms with Gasteiger partial charge in [-0.1, -0.05) is 74.5 Å². The molecule has 0 spiro atoms. The van der Waals surface area contributed by atoms with Crippen molar-refractivity contribution in [2.24, 2.45) is 5.92 Å². The zero-order valence-corrected chi connectivity index (χ0v) is 17.3. The van der Waals surface area contributed by atoms with Gasteiger partial charge in [0.15, 0.2) is 0 Å².